The third-order valence-electron chi connectivity index (χ3n) is 4.60. The normalized spacial score (nSPS) is 14.4. The summed E-state index contributed by atoms with van der Waals surface area (Å²) in [5, 5.41) is 4.98. The van der Waals surface area contributed by atoms with Crippen LogP contribution in [0.3, 0.4) is 0 Å². The van der Waals surface area contributed by atoms with E-state index in [9.17, 15) is 9.59 Å². The Morgan fingerprint density at radius 2 is 2.00 bits per heavy atom. The van der Waals surface area contributed by atoms with E-state index in [1.54, 1.807) is 18.2 Å². The highest BCUT2D eigenvalue weighted by Gasteiger charge is 2.21. The van der Waals surface area contributed by atoms with Gasteiger partial charge in [-0.3, -0.25) is 10.1 Å². The second-order valence-corrected chi connectivity index (χ2v) is 6.44. The number of imide groups is 1. The smallest absolute Gasteiger partial charge is 0.325 e. The molecule has 2 aliphatic rings. The summed E-state index contributed by atoms with van der Waals surface area (Å²) in [6, 6.07) is 10.1. The maximum atomic E-state index is 12.3. The van der Waals surface area contributed by atoms with Gasteiger partial charge in [0.05, 0.1) is 6.54 Å². The number of nitrogens with one attached hydrogen (secondary N) is 2. The van der Waals surface area contributed by atoms with Crippen molar-refractivity contribution < 1.29 is 19.1 Å². The van der Waals surface area contributed by atoms with E-state index in [0.29, 0.717) is 17.2 Å². The van der Waals surface area contributed by atoms with Crippen LogP contribution in [0.1, 0.15) is 12.0 Å². The molecule has 2 aliphatic heterocycles. The summed E-state index contributed by atoms with van der Waals surface area (Å²) >= 11 is 0. The molecule has 8 nitrogen and oxygen atoms in total. The van der Waals surface area contributed by atoms with Crippen LogP contribution >= 0.6 is 0 Å². The maximum Gasteiger partial charge on any atom is 0.325 e. The first-order chi connectivity index (χ1) is 13.1. The molecule has 0 fully saturated rings. The van der Waals surface area contributed by atoms with E-state index in [-0.39, 0.29) is 19.2 Å². The van der Waals surface area contributed by atoms with E-state index in [1.807, 2.05) is 23.1 Å². The van der Waals surface area contributed by atoms with Gasteiger partial charge in [-0.25, -0.2) is 4.79 Å². The molecule has 4 rings (SSSR count). The van der Waals surface area contributed by atoms with E-state index in [4.69, 9.17) is 15.2 Å². The van der Waals surface area contributed by atoms with Gasteiger partial charge >= 0.3 is 6.03 Å². The fraction of sp³-hybridized carbons (Fsp3) is 0.263. The number of hydrogen-bond donors (Lipinski definition) is 3. The van der Waals surface area contributed by atoms with Crippen LogP contribution in [0.4, 0.5) is 21.9 Å². The molecule has 4 N–H and O–H groups in total. The summed E-state index contributed by atoms with van der Waals surface area (Å²) in [4.78, 5) is 26.4. The van der Waals surface area contributed by atoms with Gasteiger partial charge in [0.1, 0.15) is 0 Å². The number of urea groups is 1. The Hall–Kier alpha value is -3.42. The molecule has 140 valence electrons. The highest BCUT2D eigenvalue weighted by molar-refractivity contribution is 6.02. The lowest BCUT2D eigenvalue weighted by Crippen LogP contribution is -2.43. The number of fused-ring (bicyclic) bond motifs is 2. The number of rotatable bonds is 3. The number of anilines is 3. The van der Waals surface area contributed by atoms with Crippen molar-refractivity contribution in [3.63, 3.8) is 0 Å². The standard InChI is InChI=1S/C19H20N4O4/c20-14-4-1-5-15-13(14)3-2-8-23(15)10-18(24)22-19(25)21-12-6-7-16-17(9-12)27-11-26-16/h1,4-7,9H,2-3,8,10-11,20H2,(H2,21,22,24,25). The SMILES string of the molecule is Nc1cccc2c1CCCN2CC(=O)NC(=O)Nc1ccc2c(c1)OCO2. The molecule has 2 aromatic rings. The van der Waals surface area contributed by atoms with Crippen LogP contribution < -0.4 is 30.7 Å². The zero-order valence-corrected chi connectivity index (χ0v) is 14.7. The number of benzene rings is 2. The largest absolute Gasteiger partial charge is 0.454 e. The number of hydrogen-bond acceptors (Lipinski definition) is 6. The minimum absolute atomic E-state index is 0.0883. The number of nitrogen functional groups attached to an aromatic ring is 1. The molecule has 0 unspecified atom stereocenters. The zero-order chi connectivity index (χ0) is 18.8. The lowest BCUT2D eigenvalue weighted by molar-refractivity contribution is -0.118. The Balaban J connectivity index is 1.36. The molecule has 0 saturated heterocycles. The molecule has 0 aromatic heterocycles. The van der Waals surface area contributed by atoms with Crippen molar-refractivity contribution in [1.82, 2.24) is 5.32 Å². The van der Waals surface area contributed by atoms with Gasteiger partial charge in [0.15, 0.2) is 11.5 Å². The third-order valence-corrected chi connectivity index (χ3v) is 4.60. The predicted octanol–water partition coefficient (Wildman–Crippen LogP) is 2.10. The van der Waals surface area contributed by atoms with E-state index in [0.717, 1.165) is 36.3 Å². The molecule has 3 amide bonds. The molecule has 0 radical (unpaired) electrons. The molecule has 8 heteroatoms. The van der Waals surface area contributed by atoms with Crippen LogP contribution in [0.25, 0.3) is 0 Å². The number of nitrogens with zero attached hydrogens (tertiary/aromatic N) is 1. The number of carbonyl (C=O) groups is 2. The van der Waals surface area contributed by atoms with Crippen LogP contribution in [0.5, 0.6) is 11.5 Å². The van der Waals surface area contributed by atoms with Gasteiger partial charge in [-0.2, -0.15) is 0 Å². The van der Waals surface area contributed by atoms with Gasteiger partial charge in [-0.1, -0.05) is 6.07 Å². The van der Waals surface area contributed by atoms with Gasteiger partial charge in [0, 0.05) is 29.7 Å². The predicted molar refractivity (Wildman–Crippen MR) is 101 cm³/mol. The number of nitrogens with two attached hydrogens (primary N) is 1. The van der Waals surface area contributed by atoms with E-state index in [2.05, 4.69) is 10.6 Å². The number of amides is 3. The lowest BCUT2D eigenvalue weighted by atomic mass is 10.00. The Morgan fingerprint density at radius 3 is 2.89 bits per heavy atom. The van der Waals surface area contributed by atoms with Crippen molar-refractivity contribution in [2.24, 2.45) is 0 Å². The molecular formula is C19H20N4O4. The summed E-state index contributed by atoms with van der Waals surface area (Å²) in [6.07, 6.45) is 1.81. The van der Waals surface area contributed by atoms with Crippen LogP contribution in [0.15, 0.2) is 36.4 Å². The summed E-state index contributed by atoms with van der Waals surface area (Å²) in [5.74, 6) is 0.797. The average Bonchev–Trinajstić information content (AvgIpc) is 3.10. The summed E-state index contributed by atoms with van der Waals surface area (Å²) in [7, 11) is 0. The molecule has 2 aromatic carbocycles. The minimum atomic E-state index is -0.594. The van der Waals surface area contributed by atoms with Crippen molar-refractivity contribution in [1.29, 1.82) is 0 Å². The quantitative estimate of drug-likeness (QED) is 0.717. The van der Waals surface area contributed by atoms with Crippen LogP contribution in [0, 0.1) is 0 Å². The van der Waals surface area contributed by atoms with Gasteiger partial charge in [-0.05, 0) is 42.7 Å². The molecular weight excluding hydrogens is 348 g/mol. The molecule has 0 atom stereocenters. The van der Waals surface area contributed by atoms with E-state index >= 15 is 0 Å². The molecule has 2 heterocycles. The number of ether oxygens (including phenoxy) is 2. The van der Waals surface area contributed by atoms with Gasteiger partial charge in [0.25, 0.3) is 0 Å². The molecule has 27 heavy (non-hydrogen) atoms. The zero-order valence-electron chi connectivity index (χ0n) is 14.7. The molecule has 0 bridgehead atoms. The van der Waals surface area contributed by atoms with Gasteiger partial charge in [0.2, 0.25) is 12.7 Å². The molecule has 0 spiro atoms. The summed E-state index contributed by atoms with van der Waals surface area (Å²) in [5.41, 5.74) is 9.29. The summed E-state index contributed by atoms with van der Waals surface area (Å²) in [6.45, 7) is 0.990. The lowest BCUT2D eigenvalue weighted by Gasteiger charge is -2.31. The van der Waals surface area contributed by atoms with Gasteiger partial charge in [-0.15, -0.1) is 0 Å². The van der Waals surface area contributed by atoms with E-state index in [1.165, 1.54) is 0 Å². The topological polar surface area (TPSA) is 106 Å². The first-order valence-electron chi connectivity index (χ1n) is 8.73. The highest BCUT2D eigenvalue weighted by atomic mass is 16.7. The third kappa shape index (κ3) is 3.59. The average molecular weight is 368 g/mol. The van der Waals surface area contributed by atoms with Crippen LogP contribution in [-0.4, -0.2) is 31.8 Å². The Labute approximate surface area is 156 Å². The van der Waals surface area contributed by atoms with Gasteiger partial charge < -0.3 is 25.4 Å². The second kappa shape index (κ2) is 7.06. The Kier molecular flexibility index (Phi) is 4.45. The fourth-order valence-corrected chi connectivity index (χ4v) is 3.37. The second-order valence-electron chi connectivity index (χ2n) is 6.44. The monoisotopic (exact) mass is 368 g/mol. The molecule has 0 saturated carbocycles. The molecule has 0 aliphatic carbocycles. The van der Waals surface area contributed by atoms with E-state index < -0.39 is 6.03 Å². The van der Waals surface area contributed by atoms with Crippen molar-refractivity contribution in [3.8, 4) is 11.5 Å². The minimum Gasteiger partial charge on any atom is -0.454 e. The Morgan fingerprint density at radius 1 is 1.15 bits per heavy atom. The first kappa shape index (κ1) is 17.0. The maximum absolute atomic E-state index is 12.3. The first-order valence-corrected chi connectivity index (χ1v) is 8.73. The van der Waals surface area contributed by atoms with Crippen molar-refractivity contribution in [3.05, 3.63) is 42.0 Å². The van der Waals surface area contributed by atoms with Crippen molar-refractivity contribution in [2.45, 2.75) is 12.8 Å². The Bertz CT molecular complexity index is 899. The van der Waals surface area contributed by atoms with Crippen molar-refractivity contribution >= 4 is 29.0 Å². The number of carbonyl (C=O) groups excluding carboxylic acids is 2. The van der Waals surface area contributed by atoms with Crippen molar-refractivity contribution in [2.75, 3.05) is 35.8 Å². The summed E-state index contributed by atoms with van der Waals surface area (Å²) < 4.78 is 10.5. The van der Waals surface area contributed by atoms with Crippen LogP contribution in [-0.2, 0) is 11.2 Å². The fourth-order valence-electron chi connectivity index (χ4n) is 3.37. The highest BCUT2D eigenvalue weighted by Crippen LogP contribution is 2.34. The van der Waals surface area contributed by atoms with Crippen LogP contribution in [0.2, 0.25) is 0 Å².